The number of hydrogen-bond donors (Lipinski definition) is 1. The summed E-state index contributed by atoms with van der Waals surface area (Å²) in [5.41, 5.74) is 2.47. The molecule has 0 saturated carbocycles. The van der Waals surface area contributed by atoms with Gasteiger partial charge in [0.1, 0.15) is 7.75 Å². The van der Waals surface area contributed by atoms with Gasteiger partial charge in [0.25, 0.3) is 0 Å². The van der Waals surface area contributed by atoms with E-state index in [0.717, 1.165) is 16.6 Å². The first kappa shape index (κ1) is 22.1. The van der Waals surface area contributed by atoms with Crippen molar-refractivity contribution in [3.63, 3.8) is 0 Å². The fraction of sp³-hybridized carbons (Fsp3) is 0.895. The van der Waals surface area contributed by atoms with Crippen molar-refractivity contribution in [2.75, 3.05) is 0 Å². The molecule has 1 nitrogen and oxygen atoms in total. The van der Waals surface area contributed by atoms with Crippen molar-refractivity contribution in [3.05, 3.63) is 11.3 Å². The molecule has 0 fully saturated rings. The topological polar surface area (TPSA) is 12.0 Å². The summed E-state index contributed by atoms with van der Waals surface area (Å²) in [7, 11) is -3.19. The third kappa shape index (κ3) is 3.62. The van der Waals surface area contributed by atoms with Gasteiger partial charge in [0.05, 0.1) is 7.59 Å². The standard InChI is InChI=1S/C19H43NSi2/c1-12-18(10)20-21(14-3,19(11)13-2)22(15(4)5,16(6)7)17(8)9/h13,15-18,20H,12,14H2,1-11H3/b19-13+. The number of rotatable bonds is 9. The lowest BCUT2D eigenvalue weighted by atomic mass is 10.3. The Morgan fingerprint density at radius 3 is 1.55 bits per heavy atom. The zero-order valence-electron chi connectivity index (χ0n) is 17.3. The molecule has 0 aromatic rings. The quantitative estimate of drug-likeness (QED) is 0.466. The maximum atomic E-state index is 4.30. The molecule has 0 aliphatic rings. The monoisotopic (exact) mass is 341 g/mol. The predicted octanol–water partition coefficient (Wildman–Crippen LogP) is 6.60. The van der Waals surface area contributed by atoms with Crippen LogP contribution in [0.25, 0.3) is 0 Å². The molecule has 2 unspecified atom stereocenters. The predicted molar refractivity (Wildman–Crippen MR) is 110 cm³/mol. The average Bonchev–Trinajstić information content (AvgIpc) is 2.44. The van der Waals surface area contributed by atoms with Crippen molar-refractivity contribution in [1.29, 1.82) is 0 Å². The highest BCUT2D eigenvalue weighted by Gasteiger charge is 2.60. The third-order valence-corrected chi connectivity index (χ3v) is 29.5. The summed E-state index contributed by atoms with van der Waals surface area (Å²) < 4.78 is 0. The highest BCUT2D eigenvalue weighted by atomic mass is 29.3. The number of allylic oxidation sites excluding steroid dienone is 2. The second-order valence-electron chi connectivity index (χ2n) is 8.08. The first-order valence-corrected chi connectivity index (χ1v) is 14.9. The van der Waals surface area contributed by atoms with E-state index in [1.807, 2.05) is 0 Å². The van der Waals surface area contributed by atoms with E-state index in [4.69, 9.17) is 0 Å². The van der Waals surface area contributed by atoms with E-state index in [9.17, 15) is 0 Å². The molecule has 0 amide bonds. The molecule has 1 N–H and O–H groups in total. The molecule has 2 atom stereocenters. The van der Waals surface area contributed by atoms with Crippen LogP contribution in [0, 0.1) is 0 Å². The van der Waals surface area contributed by atoms with E-state index in [1.54, 1.807) is 5.20 Å². The lowest BCUT2D eigenvalue weighted by Crippen LogP contribution is -2.77. The highest BCUT2D eigenvalue weighted by Crippen LogP contribution is 2.50. The summed E-state index contributed by atoms with van der Waals surface area (Å²) in [6.45, 7) is 27.0. The lowest BCUT2D eigenvalue weighted by molar-refractivity contribution is 0.641. The minimum absolute atomic E-state index is 0.629. The second-order valence-corrected chi connectivity index (χ2v) is 22.2. The SMILES string of the molecule is C/C=C(\C)[Si](CC)(NC(C)CC)[Si](C(C)C)(C(C)C)C(C)C. The zero-order chi connectivity index (χ0) is 17.7. The lowest BCUT2D eigenvalue weighted by Gasteiger charge is -2.57. The van der Waals surface area contributed by atoms with Crippen LogP contribution in [0.4, 0.5) is 0 Å². The van der Waals surface area contributed by atoms with E-state index in [1.165, 1.54) is 12.5 Å². The molecule has 0 rings (SSSR count). The summed E-state index contributed by atoms with van der Waals surface area (Å²) >= 11 is 0. The van der Waals surface area contributed by atoms with Gasteiger partial charge in [0.15, 0.2) is 0 Å². The van der Waals surface area contributed by atoms with Gasteiger partial charge in [-0.15, -0.1) is 0 Å². The molecule has 3 heteroatoms. The fourth-order valence-corrected chi connectivity index (χ4v) is 31.2. The van der Waals surface area contributed by atoms with E-state index >= 15 is 0 Å². The van der Waals surface area contributed by atoms with Crippen LogP contribution in [0.5, 0.6) is 0 Å². The molecule has 22 heavy (non-hydrogen) atoms. The molecule has 0 radical (unpaired) electrons. The van der Waals surface area contributed by atoms with Crippen molar-refractivity contribution in [1.82, 2.24) is 4.98 Å². The van der Waals surface area contributed by atoms with E-state index < -0.39 is 15.3 Å². The van der Waals surface area contributed by atoms with Crippen molar-refractivity contribution in [2.24, 2.45) is 0 Å². The highest BCUT2D eigenvalue weighted by molar-refractivity contribution is 7.45. The maximum absolute atomic E-state index is 4.30. The molecule has 0 aromatic carbocycles. The van der Waals surface area contributed by atoms with Crippen molar-refractivity contribution in [2.45, 2.75) is 111 Å². The first-order valence-electron chi connectivity index (χ1n) is 9.49. The van der Waals surface area contributed by atoms with Gasteiger partial charge in [-0.25, -0.2) is 0 Å². The molecule has 0 aromatic heterocycles. The molecular weight excluding hydrogens is 298 g/mol. The Bertz CT molecular complexity index is 339. The van der Waals surface area contributed by atoms with Crippen LogP contribution < -0.4 is 4.98 Å². The summed E-state index contributed by atoms with van der Waals surface area (Å²) in [4.78, 5) is 4.30. The Labute approximate surface area is 143 Å². The van der Waals surface area contributed by atoms with Gasteiger partial charge in [-0.05, 0) is 32.4 Å². The molecule has 0 aliphatic carbocycles. The van der Waals surface area contributed by atoms with E-state index in [0.29, 0.717) is 6.04 Å². The third-order valence-electron chi connectivity index (χ3n) is 6.35. The van der Waals surface area contributed by atoms with Crippen LogP contribution in [0.15, 0.2) is 11.3 Å². The van der Waals surface area contributed by atoms with Crippen LogP contribution in [0.1, 0.15) is 82.6 Å². The summed E-state index contributed by atoms with van der Waals surface area (Å²) in [5, 5.41) is 1.71. The Balaban J connectivity index is 6.53. The Morgan fingerprint density at radius 1 is 0.909 bits per heavy atom. The molecule has 0 spiro atoms. The second kappa shape index (κ2) is 8.84. The first-order chi connectivity index (χ1) is 10.1. The molecule has 0 bridgehead atoms. The summed E-state index contributed by atoms with van der Waals surface area (Å²) in [5.74, 6) is 0. The molecule has 0 saturated heterocycles. The minimum atomic E-state index is -1.68. The van der Waals surface area contributed by atoms with Gasteiger partial charge in [-0.3, -0.25) is 0 Å². The van der Waals surface area contributed by atoms with Gasteiger partial charge in [-0.2, -0.15) is 0 Å². The largest absolute Gasteiger partial charge is 0.333 e. The maximum Gasteiger partial charge on any atom is 0.142 e. The Morgan fingerprint density at radius 2 is 1.32 bits per heavy atom. The Kier molecular flexibility index (Phi) is 8.89. The zero-order valence-corrected chi connectivity index (χ0v) is 19.3. The minimum Gasteiger partial charge on any atom is -0.333 e. The van der Waals surface area contributed by atoms with Gasteiger partial charge in [0, 0.05) is 0 Å². The molecule has 0 heterocycles. The molecular formula is C19H43NSi2. The van der Waals surface area contributed by atoms with Crippen molar-refractivity contribution < 1.29 is 0 Å². The van der Waals surface area contributed by atoms with Crippen molar-refractivity contribution in [3.8, 4) is 0 Å². The smallest absolute Gasteiger partial charge is 0.142 e. The van der Waals surface area contributed by atoms with E-state index in [-0.39, 0.29) is 0 Å². The van der Waals surface area contributed by atoms with Gasteiger partial charge >= 0.3 is 0 Å². The van der Waals surface area contributed by atoms with Crippen LogP contribution in [-0.2, 0) is 0 Å². The van der Waals surface area contributed by atoms with Crippen LogP contribution in [0.3, 0.4) is 0 Å². The number of nitrogens with one attached hydrogen (secondary N) is 1. The van der Waals surface area contributed by atoms with Gasteiger partial charge < -0.3 is 4.98 Å². The van der Waals surface area contributed by atoms with Crippen LogP contribution in [0.2, 0.25) is 22.7 Å². The summed E-state index contributed by atoms with van der Waals surface area (Å²) in [6, 6.07) is 1.97. The van der Waals surface area contributed by atoms with E-state index in [2.05, 4.69) is 87.2 Å². The van der Waals surface area contributed by atoms with Crippen LogP contribution in [-0.4, -0.2) is 21.4 Å². The van der Waals surface area contributed by atoms with Crippen LogP contribution >= 0.6 is 0 Å². The molecule has 0 aliphatic heterocycles. The van der Waals surface area contributed by atoms with Gasteiger partial charge in [0.2, 0.25) is 0 Å². The summed E-state index contributed by atoms with van der Waals surface area (Å²) in [6.07, 6.45) is 3.66. The van der Waals surface area contributed by atoms with Gasteiger partial charge in [-0.1, -0.05) is 90.2 Å². The number of hydrogen-bond acceptors (Lipinski definition) is 1. The molecule has 132 valence electrons. The average molecular weight is 342 g/mol. The van der Waals surface area contributed by atoms with Crippen molar-refractivity contribution >= 4 is 15.3 Å². The normalized spacial score (nSPS) is 18.2. The Hall–Kier alpha value is 0.134. The fourth-order valence-electron chi connectivity index (χ4n) is 5.51.